The quantitative estimate of drug-likeness (QED) is 0.573. The van der Waals surface area contributed by atoms with Gasteiger partial charge in [0.1, 0.15) is 5.03 Å². The van der Waals surface area contributed by atoms with Crippen LogP contribution in [0.2, 0.25) is 0 Å². The van der Waals surface area contributed by atoms with E-state index in [1.165, 1.54) is 0 Å². The van der Waals surface area contributed by atoms with Crippen molar-refractivity contribution in [3.63, 3.8) is 0 Å². The van der Waals surface area contributed by atoms with Crippen molar-refractivity contribution in [1.29, 1.82) is 0 Å². The van der Waals surface area contributed by atoms with Gasteiger partial charge in [-0.05, 0) is 12.3 Å². The summed E-state index contributed by atoms with van der Waals surface area (Å²) in [6, 6.07) is 1.91. The van der Waals surface area contributed by atoms with Crippen molar-refractivity contribution >= 4 is 17.7 Å². The average Bonchev–Trinajstić information content (AvgIpc) is 2.16. The maximum absolute atomic E-state index is 5.52. The molecule has 1 aromatic heterocycles. The van der Waals surface area contributed by atoms with Crippen LogP contribution >= 0.6 is 11.8 Å². The topological polar surface area (TPSA) is 55.0 Å². The molecule has 13 heavy (non-hydrogen) atoms. The second-order valence-electron chi connectivity index (χ2n) is 2.80. The Morgan fingerprint density at radius 1 is 1.46 bits per heavy atom. The maximum Gasteiger partial charge on any atom is 0.226 e. The molecule has 0 radical (unpaired) electrons. The fourth-order valence-corrected chi connectivity index (χ4v) is 1.30. The van der Waals surface area contributed by atoms with E-state index in [2.05, 4.69) is 9.97 Å². The summed E-state index contributed by atoms with van der Waals surface area (Å²) >= 11 is 1.60. The maximum atomic E-state index is 5.52. The highest BCUT2D eigenvalue weighted by Crippen LogP contribution is 2.15. The highest BCUT2D eigenvalue weighted by molar-refractivity contribution is 7.98. The Kier molecular flexibility index (Phi) is 3.50. The summed E-state index contributed by atoms with van der Waals surface area (Å²) in [6.07, 6.45) is 1.99. The zero-order valence-electron chi connectivity index (χ0n) is 8.11. The van der Waals surface area contributed by atoms with E-state index in [-0.39, 0.29) is 0 Å². The Labute approximate surface area is 82.6 Å². The van der Waals surface area contributed by atoms with Crippen molar-refractivity contribution in [2.24, 2.45) is 5.73 Å². The van der Waals surface area contributed by atoms with Crippen LogP contribution in [0.4, 0.5) is 5.95 Å². The molecule has 0 fully saturated rings. The molecule has 0 spiro atoms. The van der Waals surface area contributed by atoms with Crippen LogP contribution in [0.1, 0.15) is 5.69 Å². The predicted octanol–water partition coefficient (Wildman–Crippen LogP) is 0.723. The lowest BCUT2D eigenvalue weighted by atomic mass is 10.4. The molecule has 4 nitrogen and oxygen atoms in total. The first kappa shape index (κ1) is 10.3. The summed E-state index contributed by atoms with van der Waals surface area (Å²) < 4.78 is 0. The number of aromatic nitrogens is 2. The van der Waals surface area contributed by atoms with Crippen molar-refractivity contribution in [3.05, 3.63) is 11.8 Å². The highest BCUT2D eigenvalue weighted by Gasteiger charge is 2.03. The summed E-state index contributed by atoms with van der Waals surface area (Å²) in [6.45, 7) is 0.455. The lowest BCUT2D eigenvalue weighted by Gasteiger charge is -2.11. The molecule has 0 unspecified atom stereocenters. The molecule has 2 N–H and O–H groups in total. The van der Waals surface area contributed by atoms with E-state index in [1.807, 2.05) is 31.3 Å². The second kappa shape index (κ2) is 4.43. The summed E-state index contributed by atoms with van der Waals surface area (Å²) in [5, 5.41) is 0.958. The average molecular weight is 198 g/mol. The van der Waals surface area contributed by atoms with Gasteiger partial charge in [0.25, 0.3) is 0 Å². The summed E-state index contributed by atoms with van der Waals surface area (Å²) in [5.74, 6) is 0.715. The van der Waals surface area contributed by atoms with Crippen LogP contribution in [-0.4, -0.2) is 30.3 Å². The lowest BCUT2D eigenvalue weighted by Crippen LogP contribution is -2.15. The molecule has 72 valence electrons. The van der Waals surface area contributed by atoms with Crippen molar-refractivity contribution in [2.75, 3.05) is 25.3 Å². The molecule has 1 heterocycles. The molecule has 1 rings (SSSR count). The van der Waals surface area contributed by atoms with E-state index < -0.39 is 0 Å². The molecule has 0 saturated carbocycles. The van der Waals surface area contributed by atoms with Crippen LogP contribution in [0, 0.1) is 0 Å². The van der Waals surface area contributed by atoms with Gasteiger partial charge < -0.3 is 10.6 Å². The zero-order valence-corrected chi connectivity index (χ0v) is 8.93. The third-order valence-electron chi connectivity index (χ3n) is 1.56. The van der Waals surface area contributed by atoms with Gasteiger partial charge in [-0.15, -0.1) is 11.8 Å². The number of nitrogens with two attached hydrogens (primary N) is 1. The molecule has 5 heteroatoms. The van der Waals surface area contributed by atoms with E-state index >= 15 is 0 Å². The van der Waals surface area contributed by atoms with Crippen LogP contribution in [0.5, 0.6) is 0 Å². The largest absolute Gasteiger partial charge is 0.347 e. The SMILES string of the molecule is CSc1cc(CN)nc(N(C)C)n1. The first-order chi connectivity index (χ1) is 6.17. The second-order valence-corrected chi connectivity index (χ2v) is 3.63. The number of hydrogen-bond acceptors (Lipinski definition) is 5. The zero-order chi connectivity index (χ0) is 9.84. The minimum atomic E-state index is 0.455. The third kappa shape index (κ3) is 2.57. The van der Waals surface area contributed by atoms with E-state index in [0.717, 1.165) is 10.7 Å². The van der Waals surface area contributed by atoms with Gasteiger partial charge in [0.2, 0.25) is 5.95 Å². The van der Waals surface area contributed by atoms with Gasteiger partial charge >= 0.3 is 0 Å². The molecule has 0 aliphatic carbocycles. The molecule has 0 bridgehead atoms. The molecule has 0 amide bonds. The van der Waals surface area contributed by atoms with Crippen molar-refractivity contribution in [3.8, 4) is 0 Å². The molecule has 0 aromatic carbocycles. The Hall–Kier alpha value is -0.810. The van der Waals surface area contributed by atoms with Gasteiger partial charge in [-0.25, -0.2) is 9.97 Å². The smallest absolute Gasteiger partial charge is 0.226 e. The van der Waals surface area contributed by atoms with Gasteiger partial charge in [0.15, 0.2) is 0 Å². The first-order valence-electron chi connectivity index (χ1n) is 3.96. The molecule has 0 aliphatic rings. The third-order valence-corrected chi connectivity index (χ3v) is 2.19. The fourth-order valence-electron chi connectivity index (χ4n) is 0.868. The monoisotopic (exact) mass is 198 g/mol. The number of hydrogen-bond donors (Lipinski definition) is 1. The molecule has 0 atom stereocenters. The molecule has 0 saturated heterocycles. The van der Waals surface area contributed by atoms with E-state index in [9.17, 15) is 0 Å². The van der Waals surface area contributed by atoms with Gasteiger partial charge in [-0.1, -0.05) is 0 Å². The van der Waals surface area contributed by atoms with Crippen LogP contribution in [0.15, 0.2) is 11.1 Å². The standard InChI is InChI=1S/C8H14N4S/c1-12(2)8-10-6(5-9)4-7(11-8)13-3/h4H,5,9H2,1-3H3. The molecule has 0 aliphatic heterocycles. The molecule has 1 aromatic rings. The Morgan fingerprint density at radius 3 is 2.62 bits per heavy atom. The number of rotatable bonds is 3. The van der Waals surface area contributed by atoms with Crippen LogP contribution in [-0.2, 0) is 6.54 Å². The minimum Gasteiger partial charge on any atom is -0.347 e. The van der Waals surface area contributed by atoms with Gasteiger partial charge in [0.05, 0.1) is 5.69 Å². The van der Waals surface area contributed by atoms with Crippen molar-refractivity contribution < 1.29 is 0 Å². The van der Waals surface area contributed by atoms with Gasteiger partial charge in [-0.2, -0.15) is 0 Å². The van der Waals surface area contributed by atoms with Crippen molar-refractivity contribution in [2.45, 2.75) is 11.6 Å². The van der Waals surface area contributed by atoms with E-state index in [1.54, 1.807) is 11.8 Å². The number of anilines is 1. The van der Waals surface area contributed by atoms with E-state index in [4.69, 9.17) is 5.73 Å². The highest BCUT2D eigenvalue weighted by atomic mass is 32.2. The summed E-state index contributed by atoms with van der Waals surface area (Å²) in [4.78, 5) is 10.5. The normalized spacial score (nSPS) is 10.2. The Balaban J connectivity index is 3.07. The van der Waals surface area contributed by atoms with Crippen LogP contribution in [0.25, 0.3) is 0 Å². The van der Waals surface area contributed by atoms with E-state index in [0.29, 0.717) is 12.5 Å². The van der Waals surface area contributed by atoms with Crippen LogP contribution < -0.4 is 10.6 Å². The lowest BCUT2D eigenvalue weighted by molar-refractivity contribution is 0.885. The summed E-state index contributed by atoms with van der Waals surface area (Å²) in [7, 11) is 3.83. The predicted molar refractivity (Wildman–Crippen MR) is 56.0 cm³/mol. The molecular formula is C8H14N4S. The van der Waals surface area contributed by atoms with Gasteiger partial charge in [0, 0.05) is 20.6 Å². The Bertz CT molecular complexity index is 265. The summed E-state index contributed by atoms with van der Waals surface area (Å²) in [5.41, 5.74) is 6.40. The van der Waals surface area contributed by atoms with Gasteiger partial charge in [-0.3, -0.25) is 0 Å². The van der Waals surface area contributed by atoms with Crippen molar-refractivity contribution in [1.82, 2.24) is 9.97 Å². The first-order valence-corrected chi connectivity index (χ1v) is 5.19. The minimum absolute atomic E-state index is 0.455. The Morgan fingerprint density at radius 2 is 2.15 bits per heavy atom. The number of thioether (sulfide) groups is 1. The number of nitrogens with zero attached hydrogens (tertiary/aromatic N) is 3. The van der Waals surface area contributed by atoms with Crippen LogP contribution in [0.3, 0.4) is 0 Å². The molecular weight excluding hydrogens is 184 g/mol. The fraction of sp³-hybridized carbons (Fsp3) is 0.500.